The van der Waals surface area contributed by atoms with Gasteiger partial charge in [-0.15, -0.1) is 0 Å². The van der Waals surface area contributed by atoms with Gasteiger partial charge in [-0.2, -0.15) is 0 Å². The molecule has 0 amide bonds. The first-order chi connectivity index (χ1) is 12.6. The van der Waals surface area contributed by atoms with Crippen LogP contribution in [0.15, 0.2) is 71.8 Å². The number of para-hydroxylation sites is 1. The van der Waals surface area contributed by atoms with Crippen LogP contribution in [-0.4, -0.2) is 14.5 Å². The van der Waals surface area contributed by atoms with E-state index in [1.165, 1.54) is 22.8 Å². The van der Waals surface area contributed by atoms with Gasteiger partial charge in [0.15, 0.2) is 0 Å². The highest BCUT2D eigenvalue weighted by molar-refractivity contribution is 5.80. The number of nitrogens with one attached hydrogen (secondary N) is 1. The van der Waals surface area contributed by atoms with Crippen molar-refractivity contribution in [2.45, 2.75) is 6.92 Å². The van der Waals surface area contributed by atoms with E-state index in [0.717, 1.165) is 11.3 Å². The number of fused-ring (bicyclic) bond motifs is 1. The van der Waals surface area contributed by atoms with E-state index in [1.54, 1.807) is 24.5 Å². The molecule has 0 spiro atoms. The summed E-state index contributed by atoms with van der Waals surface area (Å²) in [7, 11) is 0. The monoisotopic (exact) mass is 346 g/mol. The van der Waals surface area contributed by atoms with Gasteiger partial charge in [-0.05, 0) is 48.9 Å². The second kappa shape index (κ2) is 6.40. The number of anilines is 2. The van der Waals surface area contributed by atoms with Crippen LogP contribution in [0.5, 0.6) is 0 Å². The predicted molar refractivity (Wildman–Crippen MR) is 99.6 cm³/mol. The molecule has 0 saturated carbocycles. The fourth-order valence-electron chi connectivity index (χ4n) is 2.79. The molecule has 0 aliphatic rings. The summed E-state index contributed by atoms with van der Waals surface area (Å²) in [4.78, 5) is 21.7. The molecule has 4 rings (SSSR count). The first kappa shape index (κ1) is 16.0. The smallest absolute Gasteiger partial charge is 0.267 e. The van der Waals surface area contributed by atoms with E-state index in [-0.39, 0.29) is 10.9 Å². The lowest BCUT2D eigenvalue weighted by molar-refractivity contribution is 0.629. The minimum Gasteiger partial charge on any atom is -0.325 e. The topological polar surface area (TPSA) is 59.8 Å². The van der Waals surface area contributed by atoms with E-state index in [0.29, 0.717) is 17.2 Å². The first-order valence-corrected chi connectivity index (χ1v) is 8.09. The third-order valence-corrected chi connectivity index (χ3v) is 4.11. The van der Waals surface area contributed by atoms with Crippen LogP contribution in [0.25, 0.3) is 16.6 Å². The lowest BCUT2D eigenvalue weighted by atomic mass is 10.2. The van der Waals surface area contributed by atoms with Crippen LogP contribution in [0.2, 0.25) is 0 Å². The molecule has 0 aliphatic heterocycles. The van der Waals surface area contributed by atoms with Gasteiger partial charge in [-0.3, -0.25) is 9.78 Å². The van der Waals surface area contributed by atoms with Crippen LogP contribution in [-0.2, 0) is 0 Å². The summed E-state index contributed by atoms with van der Waals surface area (Å²) in [5.41, 5.74) is 2.44. The van der Waals surface area contributed by atoms with E-state index in [4.69, 9.17) is 0 Å². The number of hydrogen-bond acceptors (Lipinski definition) is 4. The Hall–Kier alpha value is -3.54. The van der Waals surface area contributed by atoms with E-state index in [9.17, 15) is 9.18 Å². The number of pyridine rings is 1. The summed E-state index contributed by atoms with van der Waals surface area (Å²) in [6.45, 7) is 1.91. The average molecular weight is 346 g/mol. The first-order valence-electron chi connectivity index (χ1n) is 8.09. The molecule has 0 unspecified atom stereocenters. The van der Waals surface area contributed by atoms with Crippen LogP contribution in [0, 0.1) is 12.7 Å². The van der Waals surface area contributed by atoms with Crippen LogP contribution < -0.4 is 10.9 Å². The molecular weight excluding hydrogens is 331 g/mol. The molecule has 2 aromatic heterocycles. The van der Waals surface area contributed by atoms with Crippen molar-refractivity contribution in [2.24, 2.45) is 0 Å². The second-order valence-corrected chi connectivity index (χ2v) is 5.89. The lowest BCUT2D eigenvalue weighted by Gasteiger charge is -2.16. The van der Waals surface area contributed by atoms with Gasteiger partial charge < -0.3 is 5.32 Å². The maximum absolute atomic E-state index is 13.7. The van der Waals surface area contributed by atoms with E-state index < -0.39 is 5.82 Å². The SMILES string of the molecule is Cc1cnccc1Nc1nc2ccc(F)cc2c(=O)n1-c1ccccc1. The normalized spacial score (nSPS) is 10.8. The lowest BCUT2D eigenvalue weighted by Crippen LogP contribution is -2.23. The summed E-state index contributed by atoms with van der Waals surface area (Å²) < 4.78 is 15.1. The average Bonchev–Trinajstić information content (AvgIpc) is 2.65. The van der Waals surface area contributed by atoms with Crippen molar-refractivity contribution in [3.05, 3.63) is 88.7 Å². The van der Waals surface area contributed by atoms with Gasteiger partial charge in [-0.1, -0.05) is 18.2 Å². The Balaban J connectivity index is 2.00. The molecule has 0 atom stereocenters. The number of hydrogen-bond donors (Lipinski definition) is 1. The van der Waals surface area contributed by atoms with Gasteiger partial charge >= 0.3 is 0 Å². The Morgan fingerprint density at radius 3 is 2.65 bits per heavy atom. The zero-order valence-corrected chi connectivity index (χ0v) is 14.0. The molecule has 0 radical (unpaired) electrons. The Morgan fingerprint density at radius 2 is 1.88 bits per heavy atom. The quantitative estimate of drug-likeness (QED) is 0.610. The van der Waals surface area contributed by atoms with Crippen molar-refractivity contribution in [3.8, 4) is 5.69 Å². The predicted octanol–water partition coefficient (Wildman–Crippen LogP) is 3.97. The molecule has 1 N–H and O–H groups in total. The van der Waals surface area contributed by atoms with Gasteiger partial charge in [0.2, 0.25) is 5.95 Å². The van der Waals surface area contributed by atoms with Crippen molar-refractivity contribution >= 4 is 22.5 Å². The van der Waals surface area contributed by atoms with Crippen molar-refractivity contribution in [1.29, 1.82) is 0 Å². The van der Waals surface area contributed by atoms with Crippen molar-refractivity contribution in [3.63, 3.8) is 0 Å². The van der Waals surface area contributed by atoms with Crippen LogP contribution >= 0.6 is 0 Å². The third-order valence-electron chi connectivity index (χ3n) is 4.11. The molecule has 128 valence electrons. The highest BCUT2D eigenvalue weighted by Gasteiger charge is 2.14. The molecule has 2 aromatic carbocycles. The summed E-state index contributed by atoms with van der Waals surface area (Å²) >= 11 is 0. The molecule has 0 saturated heterocycles. The highest BCUT2D eigenvalue weighted by Crippen LogP contribution is 2.22. The molecule has 4 aromatic rings. The minimum absolute atomic E-state index is 0.228. The van der Waals surface area contributed by atoms with E-state index in [1.807, 2.05) is 31.2 Å². The molecule has 0 aliphatic carbocycles. The fourth-order valence-corrected chi connectivity index (χ4v) is 2.79. The Morgan fingerprint density at radius 1 is 1.08 bits per heavy atom. The number of aryl methyl sites for hydroxylation is 1. The Kier molecular flexibility index (Phi) is 3.93. The molecule has 2 heterocycles. The maximum Gasteiger partial charge on any atom is 0.267 e. The van der Waals surface area contributed by atoms with Crippen LogP contribution in [0.1, 0.15) is 5.56 Å². The number of aromatic nitrogens is 3. The molecular formula is C20H15FN4O. The molecule has 6 heteroatoms. The van der Waals surface area contributed by atoms with Gasteiger partial charge in [-0.25, -0.2) is 13.9 Å². The molecule has 5 nitrogen and oxygen atoms in total. The molecule has 26 heavy (non-hydrogen) atoms. The van der Waals surface area contributed by atoms with Gasteiger partial charge in [0.1, 0.15) is 5.82 Å². The largest absolute Gasteiger partial charge is 0.325 e. The van der Waals surface area contributed by atoms with E-state index in [2.05, 4.69) is 15.3 Å². The number of halogens is 1. The highest BCUT2D eigenvalue weighted by atomic mass is 19.1. The molecule has 0 bridgehead atoms. The maximum atomic E-state index is 13.7. The van der Waals surface area contributed by atoms with Crippen LogP contribution in [0.3, 0.4) is 0 Å². The summed E-state index contributed by atoms with van der Waals surface area (Å²) in [5, 5.41) is 3.43. The number of nitrogens with zero attached hydrogens (tertiary/aromatic N) is 3. The summed E-state index contributed by atoms with van der Waals surface area (Å²) in [6.07, 6.45) is 3.39. The van der Waals surface area contributed by atoms with Gasteiger partial charge in [0.05, 0.1) is 16.6 Å². The van der Waals surface area contributed by atoms with E-state index >= 15 is 0 Å². The minimum atomic E-state index is -0.471. The second-order valence-electron chi connectivity index (χ2n) is 5.89. The van der Waals surface area contributed by atoms with Crippen molar-refractivity contribution < 1.29 is 4.39 Å². The Bertz CT molecular complexity index is 1160. The standard InChI is InChI=1S/C20H15FN4O/c1-13-12-22-10-9-17(13)23-20-24-18-8-7-14(21)11-16(18)19(26)25(20)15-5-3-2-4-6-15/h2-12H,1H3,(H,22,23,24). The van der Waals surface area contributed by atoms with Crippen molar-refractivity contribution in [1.82, 2.24) is 14.5 Å². The Labute approximate surface area is 148 Å². The summed E-state index contributed by atoms with van der Waals surface area (Å²) in [6, 6.07) is 15.0. The zero-order chi connectivity index (χ0) is 18.1. The zero-order valence-electron chi connectivity index (χ0n) is 14.0. The summed E-state index contributed by atoms with van der Waals surface area (Å²) in [5.74, 6) is -0.115. The van der Waals surface area contributed by atoms with Gasteiger partial charge in [0, 0.05) is 18.1 Å². The molecule has 0 fully saturated rings. The number of benzene rings is 2. The van der Waals surface area contributed by atoms with Crippen LogP contribution in [0.4, 0.5) is 16.0 Å². The number of rotatable bonds is 3. The van der Waals surface area contributed by atoms with Gasteiger partial charge in [0.25, 0.3) is 5.56 Å². The fraction of sp³-hybridized carbons (Fsp3) is 0.0500. The third kappa shape index (κ3) is 2.82. The van der Waals surface area contributed by atoms with Crippen molar-refractivity contribution in [2.75, 3.05) is 5.32 Å².